The summed E-state index contributed by atoms with van der Waals surface area (Å²) in [5.41, 5.74) is 0.437. The van der Waals surface area contributed by atoms with E-state index in [-0.39, 0.29) is 11.9 Å². The van der Waals surface area contributed by atoms with E-state index in [0.29, 0.717) is 11.6 Å². The van der Waals surface area contributed by atoms with Gasteiger partial charge in [-0.2, -0.15) is 0 Å². The van der Waals surface area contributed by atoms with Gasteiger partial charge in [-0.05, 0) is 33.0 Å². The Morgan fingerprint density at radius 3 is 2.68 bits per heavy atom. The zero-order valence-corrected chi connectivity index (χ0v) is 13.6. The van der Waals surface area contributed by atoms with Crippen LogP contribution in [0.15, 0.2) is 12.3 Å². The van der Waals surface area contributed by atoms with Crippen LogP contribution in [-0.2, 0) is 0 Å². The molecule has 1 aliphatic rings. The Balaban J connectivity index is 1.88. The fourth-order valence-corrected chi connectivity index (χ4v) is 2.64. The Labute approximate surface area is 132 Å². The van der Waals surface area contributed by atoms with E-state index < -0.39 is 0 Å². The minimum atomic E-state index is -0.0926. The molecule has 22 heavy (non-hydrogen) atoms. The third-order valence-corrected chi connectivity index (χ3v) is 3.92. The largest absolute Gasteiger partial charge is 0.353 e. The minimum Gasteiger partial charge on any atom is -0.353 e. The summed E-state index contributed by atoms with van der Waals surface area (Å²) in [5.74, 6) is 0.417. The van der Waals surface area contributed by atoms with Crippen LogP contribution in [0.25, 0.3) is 0 Å². The highest BCUT2D eigenvalue weighted by molar-refractivity contribution is 5.92. The molecule has 0 radical (unpaired) electrons. The maximum absolute atomic E-state index is 12.3. The Morgan fingerprint density at radius 2 is 2.00 bits per heavy atom. The predicted molar refractivity (Wildman–Crippen MR) is 88.0 cm³/mol. The van der Waals surface area contributed by atoms with Gasteiger partial charge in [0.05, 0.1) is 0 Å². The molecule has 0 spiro atoms. The van der Waals surface area contributed by atoms with E-state index >= 15 is 0 Å². The summed E-state index contributed by atoms with van der Waals surface area (Å²) >= 11 is 0. The van der Waals surface area contributed by atoms with Crippen LogP contribution >= 0.6 is 0 Å². The molecule has 1 amide bonds. The average Bonchev–Trinajstić information content (AvgIpc) is 2.76. The molecule has 0 saturated heterocycles. The molecule has 0 bridgehead atoms. The van der Waals surface area contributed by atoms with Gasteiger partial charge >= 0.3 is 0 Å². The SMILES string of the molecule is CN(C)CCNc1nccc(C(=O)NC2CCCCCC2)n1. The molecular formula is C16H27N5O. The highest BCUT2D eigenvalue weighted by Gasteiger charge is 2.16. The molecule has 1 saturated carbocycles. The van der Waals surface area contributed by atoms with Gasteiger partial charge in [0.15, 0.2) is 0 Å². The van der Waals surface area contributed by atoms with E-state index in [0.717, 1.165) is 25.9 Å². The summed E-state index contributed by atoms with van der Waals surface area (Å²) in [5, 5.41) is 6.25. The molecule has 1 aromatic rings. The third kappa shape index (κ3) is 5.60. The maximum Gasteiger partial charge on any atom is 0.270 e. The molecule has 0 aliphatic heterocycles. The van der Waals surface area contributed by atoms with Crippen LogP contribution in [0, 0.1) is 0 Å². The number of nitrogens with one attached hydrogen (secondary N) is 2. The first kappa shape index (κ1) is 16.7. The summed E-state index contributed by atoms with van der Waals surface area (Å²) < 4.78 is 0. The van der Waals surface area contributed by atoms with E-state index in [1.165, 1.54) is 25.7 Å². The second-order valence-corrected chi connectivity index (χ2v) is 6.16. The lowest BCUT2D eigenvalue weighted by Gasteiger charge is -2.16. The van der Waals surface area contributed by atoms with Crippen molar-refractivity contribution in [2.24, 2.45) is 0 Å². The van der Waals surface area contributed by atoms with Gasteiger partial charge in [-0.1, -0.05) is 25.7 Å². The topological polar surface area (TPSA) is 70.2 Å². The first-order valence-corrected chi connectivity index (χ1v) is 8.17. The summed E-state index contributed by atoms with van der Waals surface area (Å²) in [6.07, 6.45) is 8.74. The van der Waals surface area contributed by atoms with Gasteiger partial charge in [-0.15, -0.1) is 0 Å². The minimum absolute atomic E-state index is 0.0926. The smallest absolute Gasteiger partial charge is 0.270 e. The number of nitrogens with zero attached hydrogens (tertiary/aromatic N) is 3. The van der Waals surface area contributed by atoms with Crippen LogP contribution in [-0.4, -0.2) is 54.0 Å². The quantitative estimate of drug-likeness (QED) is 0.786. The molecule has 1 aromatic heterocycles. The van der Waals surface area contributed by atoms with Crippen molar-refractivity contribution in [3.8, 4) is 0 Å². The van der Waals surface area contributed by atoms with Crippen molar-refractivity contribution in [3.05, 3.63) is 18.0 Å². The molecular weight excluding hydrogens is 278 g/mol. The second kappa shape index (κ2) is 8.68. The highest BCUT2D eigenvalue weighted by atomic mass is 16.1. The third-order valence-electron chi connectivity index (χ3n) is 3.92. The number of aromatic nitrogens is 2. The van der Waals surface area contributed by atoms with Crippen molar-refractivity contribution in [3.63, 3.8) is 0 Å². The molecule has 0 atom stereocenters. The van der Waals surface area contributed by atoms with Gasteiger partial charge in [-0.3, -0.25) is 4.79 Å². The van der Waals surface area contributed by atoms with Crippen molar-refractivity contribution in [1.29, 1.82) is 0 Å². The summed E-state index contributed by atoms with van der Waals surface area (Å²) in [4.78, 5) is 22.9. The molecule has 1 heterocycles. The van der Waals surface area contributed by atoms with Crippen molar-refractivity contribution in [1.82, 2.24) is 20.2 Å². The van der Waals surface area contributed by atoms with Crippen LogP contribution in [0.5, 0.6) is 0 Å². The van der Waals surface area contributed by atoms with Crippen molar-refractivity contribution >= 4 is 11.9 Å². The van der Waals surface area contributed by atoms with Crippen molar-refractivity contribution in [2.45, 2.75) is 44.6 Å². The number of hydrogen-bond acceptors (Lipinski definition) is 5. The van der Waals surface area contributed by atoms with Gasteiger partial charge in [0, 0.05) is 25.3 Å². The maximum atomic E-state index is 12.3. The number of carbonyl (C=O) groups is 1. The number of carbonyl (C=O) groups excluding carboxylic acids is 1. The van der Waals surface area contributed by atoms with Crippen molar-refractivity contribution in [2.75, 3.05) is 32.5 Å². The summed E-state index contributed by atoms with van der Waals surface area (Å²) in [6, 6.07) is 1.96. The van der Waals surface area contributed by atoms with Crippen molar-refractivity contribution < 1.29 is 4.79 Å². The zero-order chi connectivity index (χ0) is 15.8. The van der Waals surface area contributed by atoms with E-state index in [9.17, 15) is 4.79 Å². The lowest BCUT2D eigenvalue weighted by atomic mass is 10.1. The predicted octanol–water partition coefficient (Wildman–Crippen LogP) is 1.90. The van der Waals surface area contributed by atoms with Gasteiger partial charge in [0.1, 0.15) is 5.69 Å². The van der Waals surface area contributed by atoms with Crippen LogP contribution in [0.4, 0.5) is 5.95 Å². The molecule has 122 valence electrons. The molecule has 6 heteroatoms. The summed E-state index contributed by atoms with van der Waals surface area (Å²) in [7, 11) is 4.03. The number of anilines is 1. The Hall–Kier alpha value is -1.69. The molecule has 1 fully saturated rings. The Bertz CT molecular complexity index is 469. The number of rotatable bonds is 6. The highest BCUT2D eigenvalue weighted by Crippen LogP contribution is 2.17. The molecule has 0 unspecified atom stereocenters. The fourth-order valence-electron chi connectivity index (χ4n) is 2.64. The number of amides is 1. The first-order chi connectivity index (χ1) is 10.6. The molecule has 0 aromatic carbocycles. The van der Waals surface area contributed by atoms with Crippen LogP contribution in [0.1, 0.15) is 49.0 Å². The fraction of sp³-hybridized carbons (Fsp3) is 0.688. The molecule has 1 aliphatic carbocycles. The van der Waals surface area contributed by atoms with Crippen LogP contribution in [0.3, 0.4) is 0 Å². The Kier molecular flexibility index (Phi) is 6.58. The van der Waals surface area contributed by atoms with Crippen LogP contribution < -0.4 is 10.6 Å². The number of likely N-dealkylation sites (N-methyl/N-ethyl adjacent to an activating group) is 1. The lowest BCUT2D eigenvalue weighted by molar-refractivity contribution is 0.0928. The molecule has 2 rings (SSSR count). The average molecular weight is 305 g/mol. The Morgan fingerprint density at radius 1 is 1.27 bits per heavy atom. The van der Waals surface area contributed by atoms with Gasteiger partial charge in [0.25, 0.3) is 5.91 Å². The van der Waals surface area contributed by atoms with E-state index in [1.807, 2.05) is 14.1 Å². The normalized spacial score (nSPS) is 16.3. The lowest BCUT2D eigenvalue weighted by Crippen LogP contribution is -2.35. The van der Waals surface area contributed by atoms with E-state index in [4.69, 9.17) is 0 Å². The van der Waals surface area contributed by atoms with Gasteiger partial charge < -0.3 is 15.5 Å². The van der Waals surface area contributed by atoms with Gasteiger partial charge in [0.2, 0.25) is 5.95 Å². The zero-order valence-electron chi connectivity index (χ0n) is 13.6. The standard InChI is InChI=1S/C16H27N5O/c1-21(2)12-11-18-16-17-10-9-14(20-16)15(22)19-13-7-5-3-4-6-8-13/h9-10,13H,3-8,11-12H2,1-2H3,(H,19,22)(H,17,18,20). The molecule has 2 N–H and O–H groups in total. The first-order valence-electron chi connectivity index (χ1n) is 8.17. The second-order valence-electron chi connectivity index (χ2n) is 6.16. The van der Waals surface area contributed by atoms with E-state index in [2.05, 4.69) is 25.5 Å². The summed E-state index contributed by atoms with van der Waals surface area (Å²) in [6.45, 7) is 1.64. The van der Waals surface area contributed by atoms with E-state index in [1.54, 1.807) is 12.3 Å². The monoisotopic (exact) mass is 305 g/mol. The number of hydrogen-bond donors (Lipinski definition) is 2. The van der Waals surface area contributed by atoms with Gasteiger partial charge in [-0.25, -0.2) is 9.97 Å². The van der Waals surface area contributed by atoms with Crippen LogP contribution in [0.2, 0.25) is 0 Å². The molecule has 6 nitrogen and oxygen atoms in total.